The fourth-order valence-electron chi connectivity index (χ4n) is 3.09. The number of methoxy groups -OCH3 is 1. The van der Waals surface area contributed by atoms with E-state index in [1.165, 1.54) is 11.8 Å². The molecule has 3 aromatic rings. The predicted molar refractivity (Wildman–Crippen MR) is 141 cm³/mol. The zero-order chi connectivity index (χ0) is 24.2. The average molecular weight is 534 g/mol. The monoisotopic (exact) mass is 532 g/mol. The number of aliphatic imine (C=N–C) groups is 1. The molecule has 0 atom stereocenters. The van der Waals surface area contributed by atoms with Crippen molar-refractivity contribution >= 4 is 69.4 Å². The Hall–Kier alpha value is -2.64. The van der Waals surface area contributed by atoms with Crippen LogP contribution in [0.5, 0.6) is 11.5 Å². The molecule has 1 aliphatic heterocycles. The van der Waals surface area contributed by atoms with Gasteiger partial charge in [-0.15, -0.1) is 0 Å². The minimum absolute atomic E-state index is 0.223. The number of amidine groups is 1. The average Bonchev–Trinajstić information content (AvgIpc) is 3.14. The highest BCUT2D eigenvalue weighted by Gasteiger charge is 2.24. The molecule has 0 bridgehead atoms. The molecule has 174 valence electrons. The third-order valence-corrected chi connectivity index (χ3v) is 6.82. The van der Waals surface area contributed by atoms with Gasteiger partial charge in [-0.2, -0.15) is 0 Å². The number of aryl methyl sites for hydroxylation is 1. The van der Waals surface area contributed by atoms with Crippen LogP contribution in [0.3, 0.4) is 0 Å². The van der Waals surface area contributed by atoms with Crippen LogP contribution in [0, 0.1) is 6.92 Å². The molecule has 3 aromatic carbocycles. The van der Waals surface area contributed by atoms with Gasteiger partial charge in [-0.1, -0.05) is 53.0 Å². The van der Waals surface area contributed by atoms with Gasteiger partial charge in [0.2, 0.25) is 0 Å². The van der Waals surface area contributed by atoms with Gasteiger partial charge in [-0.25, -0.2) is 4.99 Å². The second-order valence-corrected chi connectivity index (χ2v) is 9.63. The molecule has 1 heterocycles. The molecule has 34 heavy (non-hydrogen) atoms. The second kappa shape index (κ2) is 10.7. The Bertz CT molecular complexity index is 1320. The molecule has 0 aliphatic carbocycles. The first kappa shape index (κ1) is 24.5. The minimum Gasteiger partial charge on any atom is -0.493 e. The molecule has 0 aromatic heterocycles. The van der Waals surface area contributed by atoms with Crippen LogP contribution in [0.15, 0.2) is 64.5 Å². The molecular weight excluding hydrogens is 515 g/mol. The summed E-state index contributed by atoms with van der Waals surface area (Å²) in [4.78, 5) is 17.4. The van der Waals surface area contributed by atoms with Crippen molar-refractivity contribution in [2.24, 2.45) is 4.99 Å². The van der Waals surface area contributed by atoms with Gasteiger partial charge in [-0.05, 0) is 72.3 Å². The van der Waals surface area contributed by atoms with Crippen LogP contribution in [0.2, 0.25) is 15.1 Å². The predicted octanol–water partition coefficient (Wildman–Crippen LogP) is 7.43. The van der Waals surface area contributed by atoms with Crippen LogP contribution < -0.4 is 14.8 Å². The molecule has 5 nitrogen and oxygen atoms in total. The van der Waals surface area contributed by atoms with Crippen molar-refractivity contribution in [3.63, 3.8) is 0 Å². The van der Waals surface area contributed by atoms with E-state index in [-0.39, 0.29) is 12.5 Å². The number of carbonyl (C=O) groups is 1. The van der Waals surface area contributed by atoms with Crippen LogP contribution in [0.1, 0.15) is 16.7 Å². The second-order valence-electron chi connectivity index (χ2n) is 7.35. The lowest BCUT2D eigenvalue weighted by atomic mass is 10.2. The van der Waals surface area contributed by atoms with Crippen molar-refractivity contribution in [3.05, 3.63) is 91.3 Å². The lowest BCUT2D eigenvalue weighted by Crippen LogP contribution is -2.19. The molecule has 0 unspecified atom stereocenters. The van der Waals surface area contributed by atoms with Crippen molar-refractivity contribution in [1.82, 2.24) is 5.32 Å². The summed E-state index contributed by atoms with van der Waals surface area (Å²) in [6.45, 7) is 2.18. The molecule has 1 fully saturated rings. The van der Waals surface area contributed by atoms with Gasteiger partial charge in [0.25, 0.3) is 5.91 Å². The number of nitrogens with one attached hydrogen (secondary N) is 1. The highest BCUT2D eigenvalue weighted by Crippen LogP contribution is 2.33. The van der Waals surface area contributed by atoms with E-state index in [2.05, 4.69) is 10.3 Å². The number of amides is 1. The fraction of sp³-hybridized carbons (Fsp3) is 0.120. The summed E-state index contributed by atoms with van der Waals surface area (Å²) < 4.78 is 11.4. The molecule has 0 spiro atoms. The van der Waals surface area contributed by atoms with Gasteiger partial charge in [0, 0.05) is 20.6 Å². The number of nitrogens with zero attached hydrogens (tertiary/aromatic N) is 1. The van der Waals surface area contributed by atoms with Crippen molar-refractivity contribution < 1.29 is 14.3 Å². The highest BCUT2D eigenvalue weighted by molar-refractivity contribution is 8.18. The van der Waals surface area contributed by atoms with Crippen LogP contribution in [-0.4, -0.2) is 18.2 Å². The van der Waals surface area contributed by atoms with Crippen LogP contribution in [-0.2, 0) is 11.4 Å². The van der Waals surface area contributed by atoms with Crippen LogP contribution in [0.25, 0.3) is 6.08 Å². The fourth-order valence-corrected chi connectivity index (χ4v) is 4.57. The molecule has 1 amide bonds. The van der Waals surface area contributed by atoms with Gasteiger partial charge in [-0.3, -0.25) is 4.79 Å². The van der Waals surface area contributed by atoms with Crippen LogP contribution in [0.4, 0.5) is 5.69 Å². The van der Waals surface area contributed by atoms with Crippen molar-refractivity contribution in [2.75, 3.05) is 7.11 Å². The molecule has 0 saturated carbocycles. The topological polar surface area (TPSA) is 59.9 Å². The maximum atomic E-state index is 12.5. The summed E-state index contributed by atoms with van der Waals surface area (Å²) in [5, 5.41) is 4.99. The largest absolute Gasteiger partial charge is 0.493 e. The number of hydrogen-bond donors (Lipinski definition) is 1. The van der Waals surface area contributed by atoms with Gasteiger partial charge < -0.3 is 14.8 Å². The van der Waals surface area contributed by atoms with Gasteiger partial charge >= 0.3 is 0 Å². The van der Waals surface area contributed by atoms with Gasteiger partial charge in [0.05, 0.1) is 17.7 Å². The number of halogens is 3. The quantitative estimate of drug-likeness (QED) is 0.335. The summed E-state index contributed by atoms with van der Waals surface area (Å²) in [5.41, 5.74) is 3.22. The SMILES string of the molecule is COc1cc(/C=C2\SC(=Nc3ccc(C)c(Cl)c3)NC2=O)ccc1OCc1ccc(Cl)cc1Cl. The zero-order valence-electron chi connectivity index (χ0n) is 18.2. The smallest absolute Gasteiger partial charge is 0.264 e. The number of hydrogen-bond acceptors (Lipinski definition) is 5. The zero-order valence-corrected chi connectivity index (χ0v) is 21.3. The first-order valence-electron chi connectivity index (χ1n) is 10.1. The third kappa shape index (κ3) is 5.88. The van der Waals surface area contributed by atoms with E-state index in [0.717, 1.165) is 16.7 Å². The lowest BCUT2D eigenvalue weighted by Gasteiger charge is -2.12. The molecule has 4 rings (SSSR count). The number of thioether (sulfide) groups is 1. The Labute approximate surface area is 216 Å². The molecular formula is C25H19Cl3N2O3S. The maximum Gasteiger partial charge on any atom is 0.264 e. The van der Waals surface area contributed by atoms with Crippen molar-refractivity contribution in [1.29, 1.82) is 0 Å². The van der Waals surface area contributed by atoms with Crippen molar-refractivity contribution in [3.8, 4) is 11.5 Å². The van der Waals surface area contributed by atoms with E-state index in [1.807, 2.05) is 31.2 Å². The van der Waals surface area contributed by atoms with E-state index in [1.54, 1.807) is 43.5 Å². The maximum absolute atomic E-state index is 12.5. The summed E-state index contributed by atoms with van der Waals surface area (Å²) in [6, 6.07) is 16.2. The lowest BCUT2D eigenvalue weighted by molar-refractivity contribution is -0.115. The Morgan fingerprint density at radius 2 is 1.82 bits per heavy atom. The first-order chi connectivity index (χ1) is 16.3. The van der Waals surface area contributed by atoms with E-state index >= 15 is 0 Å². The summed E-state index contributed by atoms with van der Waals surface area (Å²) >= 11 is 19.6. The Balaban J connectivity index is 1.49. The Kier molecular flexibility index (Phi) is 7.73. The van der Waals surface area contributed by atoms with Crippen molar-refractivity contribution in [2.45, 2.75) is 13.5 Å². The number of rotatable bonds is 6. The number of ether oxygens (including phenoxy) is 2. The van der Waals surface area contributed by atoms with Gasteiger partial charge in [0.15, 0.2) is 16.7 Å². The molecule has 9 heteroatoms. The summed E-state index contributed by atoms with van der Waals surface area (Å²) in [6.07, 6.45) is 1.77. The van der Waals surface area contributed by atoms with E-state index in [9.17, 15) is 4.79 Å². The van der Waals surface area contributed by atoms with Crippen LogP contribution >= 0.6 is 46.6 Å². The Morgan fingerprint density at radius 3 is 2.56 bits per heavy atom. The minimum atomic E-state index is -0.223. The van der Waals surface area contributed by atoms with E-state index < -0.39 is 0 Å². The summed E-state index contributed by atoms with van der Waals surface area (Å²) in [5.74, 6) is 0.863. The third-order valence-electron chi connectivity index (χ3n) is 4.92. The number of benzene rings is 3. The first-order valence-corrected chi connectivity index (χ1v) is 12.1. The molecule has 1 aliphatic rings. The number of carbonyl (C=O) groups excluding carboxylic acids is 1. The Morgan fingerprint density at radius 1 is 1.00 bits per heavy atom. The van der Waals surface area contributed by atoms with E-state index in [0.29, 0.717) is 42.3 Å². The standard InChI is InChI=1S/C25H19Cl3N2O3S/c1-14-3-7-18(12-19(14)27)29-25-30-24(31)23(34-25)10-15-4-8-21(22(9-15)32-2)33-13-16-5-6-17(26)11-20(16)28/h3-12H,13H2,1-2H3,(H,29,30,31)/b23-10-. The molecule has 1 saturated heterocycles. The van der Waals surface area contributed by atoms with E-state index in [4.69, 9.17) is 44.3 Å². The molecule has 0 radical (unpaired) electrons. The summed E-state index contributed by atoms with van der Waals surface area (Å²) in [7, 11) is 1.56. The highest BCUT2D eigenvalue weighted by atomic mass is 35.5. The normalized spacial score (nSPS) is 15.6. The molecule has 1 N–H and O–H groups in total. The van der Waals surface area contributed by atoms with Gasteiger partial charge in [0.1, 0.15) is 6.61 Å².